The van der Waals surface area contributed by atoms with Crippen LogP contribution in [0.5, 0.6) is 0 Å². The van der Waals surface area contributed by atoms with E-state index in [1.165, 1.54) is 11.3 Å². The van der Waals surface area contributed by atoms with Crippen molar-refractivity contribution in [2.45, 2.75) is 0 Å². The fourth-order valence-corrected chi connectivity index (χ4v) is 3.06. The molecular formula is C12H7BrClN3OS. The maximum atomic E-state index is 12.4. The quantitative estimate of drug-likeness (QED) is 0.520. The third kappa shape index (κ3) is 2.09. The molecule has 0 unspecified atom stereocenters. The predicted octanol–water partition coefficient (Wildman–Crippen LogP) is 3.68. The lowest BCUT2D eigenvalue weighted by Gasteiger charge is -2.02. The zero-order valence-corrected chi connectivity index (χ0v) is 12.9. The molecule has 0 aliphatic heterocycles. The summed E-state index contributed by atoms with van der Waals surface area (Å²) in [6.45, 7) is 0. The number of rotatable bonds is 2. The first kappa shape index (κ1) is 12.8. The smallest absolute Gasteiger partial charge is 0.225 e. The minimum Gasteiger partial charge on any atom is -0.323 e. The molecule has 0 amide bonds. The normalized spacial score (nSPS) is 11.1. The Morgan fingerprint density at radius 3 is 2.95 bits per heavy atom. The van der Waals surface area contributed by atoms with Gasteiger partial charge in [0.15, 0.2) is 0 Å². The van der Waals surface area contributed by atoms with Gasteiger partial charge in [-0.05, 0) is 45.0 Å². The molecule has 0 bridgehead atoms. The van der Waals surface area contributed by atoms with E-state index in [0.717, 1.165) is 4.60 Å². The minimum atomic E-state index is -0.137. The van der Waals surface area contributed by atoms with E-state index in [4.69, 9.17) is 11.6 Å². The van der Waals surface area contributed by atoms with Gasteiger partial charge in [0, 0.05) is 7.05 Å². The molecule has 0 aliphatic rings. The van der Waals surface area contributed by atoms with Crippen LogP contribution < -0.4 is 0 Å². The predicted molar refractivity (Wildman–Crippen MR) is 79.0 cm³/mol. The van der Waals surface area contributed by atoms with Crippen molar-refractivity contribution in [2.24, 2.45) is 7.05 Å². The molecule has 0 spiro atoms. The molecule has 4 nitrogen and oxygen atoms in total. The number of carbonyl (C=O) groups is 1. The topological polar surface area (TPSA) is 47.8 Å². The summed E-state index contributed by atoms with van der Waals surface area (Å²) < 4.78 is 2.63. The molecule has 19 heavy (non-hydrogen) atoms. The van der Waals surface area contributed by atoms with Crippen LogP contribution in [0.15, 0.2) is 28.2 Å². The third-order valence-electron chi connectivity index (χ3n) is 2.76. The lowest BCUT2D eigenvalue weighted by molar-refractivity contribution is 0.103. The molecule has 0 aliphatic carbocycles. The van der Waals surface area contributed by atoms with Crippen LogP contribution in [0.1, 0.15) is 15.4 Å². The molecule has 3 rings (SSSR count). The number of hydrogen-bond acceptors (Lipinski definition) is 4. The van der Waals surface area contributed by atoms with Crippen molar-refractivity contribution < 1.29 is 4.79 Å². The Labute approximate surface area is 126 Å². The van der Waals surface area contributed by atoms with Gasteiger partial charge >= 0.3 is 0 Å². The lowest BCUT2D eigenvalue weighted by Crippen LogP contribution is -2.05. The van der Waals surface area contributed by atoms with Gasteiger partial charge in [0.05, 0.1) is 14.9 Å². The Morgan fingerprint density at radius 1 is 1.47 bits per heavy atom. The van der Waals surface area contributed by atoms with E-state index in [1.807, 2.05) is 29.1 Å². The summed E-state index contributed by atoms with van der Waals surface area (Å²) in [6, 6.07) is 5.43. The number of hydrogen-bond donors (Lipinski definition) is 0. The molecule has 0 fully saturated rings. The van der Waals surface area contributed by atoms with Gasteiger partial charge in [0.1, 0.15) is 11.3 Å². The Bertz CT molecular complexity index is 782. The van der Waals surface area contributed by atoms with Gasteiger partial charge in [-0.2, -0.15) is 4.98 Å². The van der Waals surface area contributed by atoms with E-state index in [-0.39, 0.29) is 11.1 Å². The van der Waals surface area contributed by atoms with Gasteiger partial charge in [-0.15, -0.1) is 11.3 Å². The van der Waals surface area contributed by atoms with Crippen LogP contribution in [0, 0.1) is 0 Å². The Balaban J connectivity index is 2.29. The zero-order chi connectivity index (χ0) is 13.6. The van der Waals surface area contributed by atoms with Crippen LogP contribution in [-0.4, -0.2) is 20.3 Å². The molecular weight excluding hydrogens is 350 g/mol. The van der Waals surface area contributed by atoms with E-state index in [1.54, 1.807) is 6.07 Å². The van der Waals surface area contributed by atoms with Crippen LogP contribution in [0.2, 0.25) is 5.28 Å². The molecule has 3 aromatic heterocycles. The molecule has 0 saturated heterocycles. The number of halogens is 2. The molecule has 7 heteroatoms. The van der Waals surface area contributed by atoms with Crippen LogP contribution >= 0.6 is 38.9 Å². The fourth-order valence-electron chi connectivity index (χ4n) is 1.83. The summed E-state index contributed by atoms with van der Waals surface area (Å²) in [4.78, 5) is 21.3. The van der Waals surface area contributed by atoms with Gasteiger partial charge in [-0.3, -0.25) is 4.79 Å². The highest BCUT2D eigenvalue weighted by molar-refractivity contribution is 9.10. The van der Waals surface area contributed by atoms with E-state index < -0.39 is 0 Å². The fraction of sp³-hybridized carbons (Fsp3) is 0.0833. The summed E-state index contributed by atoms with van der Waals surface area (Å²) in [5.41, 5.74) is 0.963. The third-order valence-corrected chi connectivity index (χ3v) is 4.56. The molecule has 0 N–H and O–H groups in total. The highest BCUT2D eigenvalue weighted by Gasteiger charge is 2.19. The number of nitrogens with zero attached hydrogens (tertiary/aromatic N) is 3. The highest BCUT2D eigenvalue weighted by atomic mass is 79.9. The van der Waals surface area contributed by atoms with Gasteiger partial charge in [-0.1, -0.05) is 6.07 Å². The molecule has 0 saturated carbocycles. The summed E-state index contributed by atoms with van der Waals surface area (Å²) in [7, 11) is 1.84. The highest BCUT2D eigenvalue weighted by Crippen LogP contribution is 2.27. The standard InChI is InChI=1S/C12H7BrClN3OS/c1-17-8(13)5-6-9(15-12(14)16-11(6)17)10(18)7-3-2-4-19-7/h2-5H,1H3. The maximum absolute atomic E-state index is 12.4. The second-order valence-corrected chi connectivity index (χ2v) is 6.01. The molecule has 96 valence electrons. The van der Waals surface area contributed by atoms with Crippen molar-refractivity contribution >= 4 is 55.7 Å². The summed E-state index contributed by atoms with van der Waals surface area (Å²) in [5.74, 6) is -0.137. The number of ketones is 1. The van der Waals surface area contributed by atoms with E-state index in [0.29, 0.717) is 21.6 Å². The van der Waals surface area contributed by atoms with E-state index in [9.17, 15) is 4.79 Å². The first-order valence-corrected chi connectivity index (χ1v) is 7.39. The van der Waals surface area contributed by atoms with Gasteiger partial charge in [0.2, 0.25) is 11.1 Å². The van der Waals surface area contributed by atoms with Gasteiger partial charge in [-0.25, -0.2) is 4.98 Å². The summed E-state index contributed by atoms with van der Waals surface area (Å²) >= 11 is 10.7. The van der Waals surface area contributed by atoms with Crippen molar-refractivity contribution in [1.82, 2.24) is 14.5 Å². The van der Waals surface area contributed by atoms with Crippen molar-refractivity contribution in [3.63, 3.8) is 0 Å². The summed E-state index contributed by atoms with van der Waals surface area (Å²) in [6.07, 6.45) is 0. The van der Waals surface area contributed by atoms with Crippen molar-refractivity contribution in [1.29, 1.82) is 0 Å². The molecule has 3 heterocycles. The Morgan fingerprint density at radius 2 is 2.26 bits per heavy atom. The molecule has 0 radical (unpaired) electrons. The summed E-state index contributed by atoms with van der Waals surface area (Å²) in [5, 5.41) is 2.62. The van der Waals surface area contributed by atoms with E-state index in [2.05, 4.69) is 25.9 Å². The number of carbonyl (C=O) groups excluding carboxylic acids is 1. The van der Waals surface area contributed by atoms with Crippen LogP contribution in [0.25, 0.3) is 11.0 Å². The lowest BCUT2D eigenvalue weighted by atomic mass is 10.2. The number of aromatic nitrogens is 3. The van der Waals surface area contributed by atoms with Crippen LogP contribution in [0.3, 0.4) is 0 Å². The number of aryl methyl sites for hydroxylation is 1. The SMILES string of the molecule is Cn1c(Br)cc2c(C(=O)c3cccs3)nc(Cl)nc21. The van der Waals surface area contributed by atoms with Crippen molar-refractivity contribution in [3.05, 3.63) is 44.0 Å². The van der Waals surface area contributed by atoms with Crippen molar-refractivity contribution in [3.8, 4) is 0 Å². The number of fused-ring (bicyclic) bond motifs is 1. The molecule has 3 aromatic rings. The number of thiophene rings is 1. The first-order chi connectivity index (χ1) is 9.08. The largest absolute Gasteiger partial charge is 0.323 e. The minimum absolute atomic E-state index is 0.0705. The monoisotopic (exact) mass is 355 g/mol. The maximum Gasteiger partial charge on any atom is 0.225 e. The van der Waals surface area contributed by atoms with Gasteiger partial charge < -0.3 is 4.57 Å². The van der Waals surface area contributed by atoms with Crippen molar-refractivity contribution in [2.75, 3.05) is 0 Å². The molecule has 0 aromatic carbocycles. The second kappa shape index (κ2) is 4.70. The second-order valence-electron chi connectivity index (χ2n) is 3.91. The average Bonchev–Trinajstić information content (AvgIpc) is 3.00. The average molecular weight is 357 g/mol. The zero-order valence-electron chi connectivity index (χ0n) is 9.72. The first-order valence-electron chi connectivity index (χ1n) is 5.34. The van der Waals surface area contributed by atoms with Gasteiger partial charge in [0.25, 0.3) is 0 Å². The van der Waals surface area contributed by atoms with E-state index >= 15 is 0 Å². The molecule has 0 atom stereocenters. The van der Waals surface area contributed by atoms with Crippen LogP contribution in [0.4, 0.5) is 0 Å². The van der Waals surface area contributed by atoms with Crippen LogP contribution in [-0.2, 0) is 7.05 Å². The Kier molecular flexibility index (Phi) is 3.16. The Hall–Kier alpha value is -1.24.